The maximum Gasteiger partial charge on any atom is 0.130 e. The minimum Gasteiger partial charge on any atom is -0.457 e. The Kier molecular flexibility index (Phi) is 4.10. The van der Waals surface area contributed by atoms with Crippen molar-refractivity contribution in [2.45, 2.75) is 26.2 Å². The molecule has 0 saturated carbocycles. The summed E-state index contributed by atoms with van der Waals surface area (Å²) in [5.74, 6) is 1.85. The van der Waals surface area contributed by atoms with E-state index in [2.05, 4.69) is 19.1 Å². The minimum atomic E-state index is 0.803. The fraction of sp³-hybridized carbons (Fsp3) is 0.267. The van der Waals surface area contributed by atoms with Gasteiger partial charge in [-0.05, 0) is 36.3 Å². The maximum absolute atomic E-state index is 5.90. The van der Waals surface area contributed by atoms with Crippen LogP contribution in [0.15, 0.2) is 48.3 Å². The van der Waals surface area contributed by atoms with Crippen molar-refractivity contribution in [2.24, 2.45) is 0 Å². The molecule has 0 aromatic heterocycles. The SMILES string of the molecule is CCCc1ccccc1OC1=CCC(=S)C=C1. The molecule has 0 spiro atoms. The number of hydrogen-bond donors (Lipinski definition) is 0. The van der Waals surface area contributed by atoms with Crippen molar-refractivity contribution in [1.82, 2.24) is 0 Å². The molecule has 88 valence electrons. The van der Waals surface area contributed by atoms with Crippen LogP contribution in [-0.2, 0) is 6.42 Å². The van der Waals surface area contributed by atoms with Gasteiger partial charge in [0.2, 0.25) is 0 Å². The van der Waals surface area contributed by atoms with E-state index in [0.29, 0.717) is 0 Å². The minimum absolute atomic E-state index is 0.803. The highest BCUT2D eigenvalue weighted by molar-refractivity contribution is 7.80. The largest absolute Gasteiger partial charge is 0.457 e. The molecular formula is C15H16OS. The van der Waals surface area contributed by atoms with Crippen LogP contribution in [0.2, 0.25) is 0 Å². The summed E-state index contributed by atoms with van der Waals surface area (Å²) in [5.41, 5.74) is 1.26. The first-order valence-electron chi connectivity index (χ1n) is 5.96. The average molecular weight is 244 g/mol. The van der Waals surface area contributed by atoms with Gasteiger partial charge in [0.25, 0.3) is 0 Å². The molecule has 1 nitrogen and oxygen atoms in total. The third kappa shape index (κ3) is 3.27. The van der Waals surface area contributed by atoms with E-state index in [1.807, 2.05) is 30.4 Å². The third-order valence-corrected chi connectivity index (χ3v) is 2.96. The predicted octanol–water partition coefficient (Wildman–Crippen LogP) is 4.23. The van der Waals surface area contributed by atoms with Gasteiger partial charge < -0.3 is 4.74 Å². The van der Waals surface area contributed by atoms with Crippen LogP contribution in [0, 0.1) is 0 Å². The average Bonchev–Trinajstić information content (AvgIpc) is 2.35. The Labute approximate surface area is 108 Å². The van der Waals surface area contributed by atoms with E-state index in [-0.39, 0.29) is 0 Å². The number of benzene rings is 1. The number of rotatable bonds is 4. The fourth-order valence-corrected chi connectivity index (χ4v) is 1.95. The molecular weight excluding hydrogens is 228 g/mol. The second-order valence-corrected chi connectivity index (χ2v) is 4.59. The molecule has 0 N–H and O–H groups in total. The second kappa shape index (κ2) is 5.78. The van der Waals surface area contributed by atoms with E-state index < -0.39 is 0 Å². The first-order chi connectivity index (χ1) is 8.29. The molecule has 0 radical (unpaired) electrons. The highest BCUT2D eigenvalue weighted by Crippen LogP contribution is 2.23. The first-order valence-corrected chi connectivity index (χ1v) is 6.37. The Bertz CT molecular complexity index is 472. The Morgan fingerprint density at radius 1 is 1.24 bits per heavy atom. The molecule has 0 saturated heterocycles. The summed E-state index contributed by atoms with van der Waals surface area (Å²) in [6, 6.07) is 8.20. The number of ether oxygens (including phenoxy) is 1. The fourth-order valence-electron chi connectivity index (χ4n) is 1.79. The van der Waals surface area contributed by atoms with Gasteiger partial charge in [-0.15, -0.1) is 0 Å². The zero-order valence-corrected chi connectivity index (χ0v) is 10.8. The summed E-state index contributed by atoms with van der Waals surface area (Å²) in [6.07, 6.45) is 8.88. The Morgan fingerprint density at radius 3 is 2.76 bits per heavy atom. The van der Waals surface area contributed by atoms with Gasteiger partial charge in [0.1, 0.15) is 11.5 Å². The van der Waals surface area contributed by atoms with Gasteiger partial charge in [-0.25, -0.2) is 0 Å². The quantitative estimate of drug-likeness (QED) is 0.733. The molecule has 2 rings (SSSR count). The van der Waals surface area contributed by atoms with Gasteiger partial charge in [0, 0.05) is 11.3 Å². The lowest BCUT2D eigenvalue weighted by molar-refractivity contribution is 0.436. The first kappa shape index (κ1) is 12.1. The lowest BCUT2D eigenvalue weighted by Gasteiger charge is -2.13. The van der Waals surface area contributed by atoms with Gasteiger partial charge in [-0.1, -0.05) is 43.8 Å². The maximum atomic E-state index is 5.90. The van der Waals surface area contributed by atoms with E-state index in [1.165, 1.54) is 5.56 Å². The highest BCUT2D eigenvalue weighted by Gasteiger charge is 2.06. The lowest BCUT2D eigenvalue weighted by Crippen LogP contribution is -2.01. The third-order valence-electron chi connectivity index (χ3n) is 2.66. The predicted molar refractivity (Wildman–Crippen MR) is 75.5 cm³/mol. The normalized spacial score (nSPS) is 14.6. The standard InChI is InChI=1S/C15H16OS/c1-2-5-12-6-3-4-7-15(12)16-13-8-10-14(17)11-9-13/h3-4,6-10H,2,5,11H2,1H3. The van der Waals surface area contributed by atoms with E-state index in [0.717, 1.165) is 35.6 Å². The van der Waals surface area contributed by atoms with Crippen molar-refractivity contribution in [1.29, 1.82) is 0 Å². The van der Waals surface area contributed by atoms with Gasteiger partial charge in [0.05, 0.1) is 0 Å². The van der Waals surface area contributed by atoms with Crippen molar-refractivity contribution < 1.29 is 4.74 Å². The van der Waals surface area contributed by atoms with Crippen molar-refractivity contribution >= 4 is 17.1 Å². The van der Waals surface area contributed by atoms with Crippen LogP contribution < -0.4 is 4.74 Å². The molecule has 1 aliphatic rings. The number of aryl methyl sites for hydroxylation is 1. The van der Waals surface area contributed by atoms with Crippen molar-refractivity contribution in [3.63, 3.8) is 0 Å². The summed E-state index contributed by atoms with van der Waals surface area (Å²) in [7, 11) is 0. The molecule has 0 atom stereocenters. The zero-order chi connectivity index (χ0) is 12.1. The van der Waals surface area contributed by atoms with Gasteiger partial charge in [-0.3, -0.25) is 0 Å². The molecule has 2 heteroatoms. The topological polar surface area (TPSA) is 9.23 Å². The van der Waals surface area contributed by atoms with Crippen LogP contribution in [0.25, 0.3) is 0 Å². The molecule has 0 amide bonds. The molecule has 17 heavy (non-hydrogen) atoms. The molecule has 1 aromatic rings. The summed E-state index contributed by atoms with van der Waals surface area (Å²) in [5, 5.41) is 0. The van der Waals surface area contributed by atoms with Gasteiger partial charge in [-0.2, -0.15) is 0 Å². The van der Waals surface area contributed by atoms with E-state index in [1.54, 1.807) is 0 Å². The van der Waals surface area contributed by atoms with Gasteiger partial charge >= 0.3 is 0 Å². The molecule has 0 unspecified atom stereocenters. The van der Waals surface area contributed by atoms with E-state index >= 15 is 0 Å². The van der Waals surface area contributed by atoms with Gasteiger partial charge in [0.15, 0.2) is 0 Å². The van der Waals surface area contributed by atoms with Crippen LogP contribution in [-0.4, -0.2) is 4.86 Å². The number of thiocarbonyl (C=S) groups is 1. The molecule has 1 aromatic carbocycles. The van der Waals surface area contributed by atoms with Crippen LogP contribution in [0.1, 0.15) is 25.3 Å². The molecule has 0 aliphatic heterocycles. The molecule has 0 fully saturated rings. The highest BCUT2D eigenvalue weighted by atomic mass is 32.1. The monoisotopic (exact) mass is 244 g/mol. The Balaban J connectivity index is 2.13. The lowest BCUT2D eigenvalue weighted by atomic mass is 10.1. The summed E-state index contributed by atoms with van der Waals surface area (Å²) >= 11 is 5.10. The molecule has 1 aliphatic carbocycles. The Hall–Kier alpha value is -1.41. The number of hydrogen-bond acceptors (Lipinski definition) is 2. The van der Waals surface area contributed by atoms with Crippen LogP contribution in [0.5, 0.6) is 5.75 Å². The summed E-state index contributed by atoms with van der Waals surface area (Å²) in [4.78, 5) is 0.958. The molecule has 0 heterocycles. The van der Waals surface area contributed by atoms with Crippen LogP contribution in [0.3, 0.4) is 0 Å². The number of para-hydroxylation sites is 1. The van der Waals surface area contributed by atoms with Crippen molar-refractivity contribution in [3.05, 3.63) is 53.8 Å². The zero-order valence-electron chi connectivity index (χ0n) is 9.98. The summed E-state index contributed by atoms with van der Waals surface area (Å²) < 4.78 is 5.90. The van der Waals surface area contributed by atoms with E-state index in [9.17, 15) is 0 Å². The second-order valence-electron chi connectivity index (χ2n) is 4.07. The van der Waals surface area contributed by atoms with Crippen molar-refractivity contribution in [3.8, 4) is 5.75 Å². The van der Waals surface area contributed by atoms with Crippen LogP contribution >= 0.6 is 12.2 Å². The van der Waals surface area contributed by atoms with Crippen molar-refractivity contribution in [2.75, 3.05) is 0 Å². The molecule has 0 bridgehead atoms. The smallest absolute Gasteiger partial charge is 0.130 e. The Morgan fingerprint density at radius 2 is 2.06 bits per heavy atom. The summed E-state index contributed by atoms with van der Waals surface area (Å²) in [6.45, 7) is 2.18. The number of allylic oxidation sites excluding steroid dienone is 3. The van der Waals surface area contributed by atoms with E-state index in [4.69, 9.17) is 17.0 Å². The van der Waals surface area contributed by atoms with Crippen LogP contribution in [0.4, 0.5) is 0 Å².